The highest BCUT2D eigenvalue weighted by Crippen LogP contribution is 2.30. The van der Waals surface area contributed by atoms with Gasteiger partial charge in [-0.3, -0.25) is 4.79 Å². The van der Waals surface area contributed by atoms with Crippen LogP contribution in [0.3, 0.4) is 0 Å². The van der Waals surface area contributed by atoms with Crippen molar-refractivity contribution in [2.45, 2.75) is 25.9 Å². The van der Waals surface area contributed by atoms with Crippen molar-refractivity contribution in [1.29, 1.82) is 0 Å². The molecule has 1 aliphatic rings. The van der Waals surface area contributed by atoms with E-state index in [1.807, 2.05) is 19.1 Å². The zero-order chi connectivity index (χ0) is 14.8. The van der Waals surface area contributed by atoms with Crippen LogP contribution in [-0.2, 0) is 13.0 Å². The number of aromatic nitrogens is 2. The van der Waals surface area contributed by atoms with E-state index >= 15 is 0 Å². The van der Waals surface area contributed by atoms with Gasteiger partial charge in [0.05, 0.1) is 6.04 Å². The lowest BCUT2D eigenvalue weighted by atomic mass is 9.92. The second kappa shape index (κ2) is 5.69. The molecule has 0 spiro atoms. The van der Waals surface area contributed by atoms with Crippen LogP contribution in [0.15, 0.2) is 41.5 Å². The van der Waals surface area contributed by atoms with Crippen LogP contribution in [0.2, 0.25) is 0 Å². The fourth-order valence-electron chi connectivity index (χ4n) is 3.04. The van der Waals surface area contributed by atoms with Crippen LogP contribution in [0.4, 0.5) is 5.82 Å². The third-order valence-electron chi connectivity index (χ3n) is 4.14. The minimum atomic E-state index is -0.0437. The zero-order valence-electron chi connectivity index (χ0n) is 12.2. The predicted octanol–water partition coefficient (Wildman–Crippen LogP) is 1.33. The third kappa shape index (κ3) is 2.34. The Bertz CT molecular complexity index is 695. The van der Waals surface area contributed by atoms with Crippen molar-refractivity contribution in [3.05, 3.63) is 58.1 Å². The van der Waals surface area contributed by atoms with E-state index in [1.54, 1.807) is 17.0 Å². The number of aryl methyl sites for hydroxylation is 1. The average molecular weight is 284 g/mol. The SMILES string of the molecule is CCn1ccnc(N2CCc3ccccc3C2CN)c1=O. The van der Waals surface area contributed by atoms with Crippen LogP contribution in [-0.4, -0.2) is 22.6 Å². The first-order chi connectivity index (χ1) is 10.3. The summed E-state index contributed by atoms with van der Waals surface area (Å²) in [5, 5.41) is 0. The standard InChI is InChI=1S/C16H20N4O/c1-2-19-10-8-18-15(16(19)21)20-9-7-12-5-3-4-6-13(12)14(20)11-17/h3-6,8,10,14H,2,7,9,11,17H2,1H3. The molecule has 21 heavy (non-hydrogen) atoms. The van der Waals surface area contributed by atoms with Gasteiger partial charge in [0.15, 0.2) is 5.82 Å². The monoisotopic (exact) mass is 284 g/mol. The summed E-state index contributed by atoms with van der Waals surface area (Å²) < 4.78 is 1.68. The summed E-state index contributed by atoms with van der Waals surface area (Å²) in [6, 6.07) is 8.32. The van der Waals surface area contributed by atoms with Crippen molar-refractivity contribution < 1.29 is 0 Å². The molecule has 1 aromatic carbocycles. The van der Waals surface area contributed by atoms with Crippen LogP contribution >= 0.6 is 0 Å². The highest BCUT2D eigenvalue weighted by molar-refractivity contribution is 5.46. The highest BCUT2D eigenvalue weighted by Gasteiger charge is 2.28. The molecule has 1 atom stereocenters. The number of nitrogens with zero attached hydrogens (tertiary/aromatic N) is 3. The minimum absolute atomic E-state index is 0.0165. The number of hydrogen-bond acceptors (Lipinski definition) is 4. The first kappa shape index (κ1) is 13.8. The highest BCUT2D eigenvalue weighted by atomic mass is 16.1. The van der Waals surface area contributed by atoms with E-state index in [9.17, 15) is 4.79 Å². The topological polar surface area (TPSA) is 64.2 Å². The number of anilines is 1. The van der Waals surface area contributed by atoms with Crippen molar-refractivity contribution in [1.82, 2.24) is 9.55 Å². The van der Waals surface area contributed by atoms with Crippen LogP contribution in [0.5, 0.6) is 0 Å². The molecule has 5 nitrogen and oxygen atoms in total. The van der Waals surface area contributed by atoms with Gasteiger partial charge >= 0.3 is 0 Å². The molecule has 0 saturated heterocycles. The molecule has 2 aromatic rings. The van der Waals surface area contributed by atoms with E-state index in [0.717, 1.165) is 13.0 Å². The fourth-order valence-corrected chi connectivity index (χ4v) is 3.04. The Hall–Kier alpha value is -2.14. The molecular formula is C16H20N4O. The molecule has 2 N–H and O–H groups in total. The maximum atomic E-state index is 12.5. The van der Waals surface area contributed by atoms with Crippen molar-refractivity contribution in [3.63, 3.8) is 0 Å². The second-order valence-electron chi connectivity index (χ2n) is 5.24. The zero-order valence-corrected chi connectivity index (χ0v) is 12.2. The molecule has 0 bridgehead atoms. The van der Waals surface area contributed by atoms with Crippen LogP contribution in [0, 0.1) is 0 Å². The largest absolute Gasteiger partial charge is 0.343 e. The average Bonchev–Trinajstić information content (AvgIpc) is 2.54. The van der Waals surface area contributed by atoms with Crippen molar-refractivity contribution >= 4 is 5.82 Å². The lowest BCUT2D eigenvalue weighted by Crippen LogP contribution is -2.43. The maximum Gasteiger partial charge on any atom is 0.293 e. The smallest absolute Gasteiger partial charge is 0.293 e. The van der Waals surface area contributed by atoms with E-state index in [1.165, 1.54) is 11.1 Å². The van der Waals surface area contributed by atoms with Gasteiger partial charge in [0, 0.05) is 32.0 Å². The third-order valence-corrected chi connectivity index (χ3v) is 4.14. The molecule has 1 aliphatic heterocycles. The van der Waals surface area contributed by atoms with Crippen molar-refractivity contribution in [2.75, 3.05) is 18.0 Å². The number of nitrogens with two attached hydrogens (primary N) is 1. The van der Waals surface area contributed by atoms with Gasteiger partial charge in [-0.2, -0.15) is 0 Å². The van der Waals surface area contributed by atoms with Crippen LogP contribution in [0.1, 0.15) is 24.1 Å². The Balaban J connectivity index is 2.06. The Morgan fingerprint density at radius 1 is 1.38 bits per heavy atom. The molecule has 0 amide bonds. The van der Waals surface area contributed by atoms with E-state index in [-0.39, 0.29) is 11.6 Å². The second-order valence-corrected chi connectivity index (χ2v) is 5.24. The van der Waals surface area contributed by atoms with Gasteiger partial charge in [0.25, 0.3) is 5.56 Å². The lowest BCUT2D eigenvalue weighted by Gasteiger charge is -2.37. The molecule has 0 fully saturated rings. The molecule has 1 unspecified atom stereocenters. The van der Waals surface area contributed by atoms with Gasteiger partial charge in [-0.15, -0.1) is 0 Å². The predicted molar refractivity (Wildman–Crippen MR) is 83.5 cm³/mol. The molecule has 110 valence electrons. The first-order valence-corrected chi connectivity index (χ1v) is 7.36. The Morgan fingerprint density at radius 2 is 2.19 bits per heavy atom. The van der Waals surface area contributed by atoms with Crippen LogP contribution in [0.25, 0.3) is 0 Å². The van der Waals surface area contributed by atoms with E-state index in [0.29, 0.717) is 18.9 Å². The van der Waals surface area contributed by atoms with Gasteiger partial charge in [-0.25, -0.2) is 4.98 Å². The fraction of sp³-hybridized carbons (Fsp3) is 0.375. The molecule has 5 heteroatoms. The Labute approximate surface area is 124 Å². The molecule has 0 radical (unpaired) electrons. The van der Waals surface area contributed by atoms with Crippen LogP contribution < -0.4 is 16.2 Å². The number of hydrogen-bond donors (Lipinski definition) is 1. The van der Waals surface area contributed by atoms with Crippen molar-refractivity contribution in [3.8, 4) is 0 Å². The van der Waals surface area contributed by atoms with Gasteiger partial charge < -0.3 is 15.2 Å². The number of fused-ring (bicyclic) bond motifs is 1. The molecular weight excluding hydrogens is 264 g/mol. The van der Waals surface area contributed by atoms with E-state index in [4.69, 9.17) is 5.73 Å². The first-order valence-electron chi connectivity index (χ1n) is 7.36. The normalized spacial score (nSPS) is 17.6. The van der Waals surface area contributed by atoms with Gasteiger partial charge in [-0.1, -0.05) is 24.3 Å². The summed E-state index contributed by atoms with van der Waals surface area (Å²) >= 11 is 0. The molecule has 3 rings (SSSR count). The quantitative estimate of drug-likeness (QED) is 0.923. The van der Waals surface area contributed by atoms with Crippen molar-refractivity contribution in [2.24, 2.45) is 5.73 Å². The molecule has 2 heterocycles. The van der Waals surface area contributed by atoms with E-state index < -0.39 is 0 Å². The minimum Gasteiger partial charge on any atom is -0.343 e. The van der Waals surface area contributed by atoms with E-state index in [2.05, 4.69) is 22.0 Å². The summed E-state index contributed by atoms with van der Waals surface area (Å²) in [6.45, 7) is 3.84. The summed E-state index contributed by atoms with van der Waals surface area (Å²) in [5.74, 6) is 0.504. The van der Waals surface area contributed by atoms with Gasteiger partial charge in [0.1, 0.15) is 0 Å². The lowest BCUT2D eigenvalue weighted by molar-refractivity contribution is 0.574. The number of rotatable bonds is 3. The summed E-state index contributed by atoms with van der Waals surface area (Å²) in [7, 11) is 0. The summed E-state index contributed by atoms with van der Waals surface area (Å²) in [5.41, 5.74) is 8.47. The molecule has 0 aliphatic carbocycles. The van der Waals surface area contributed by atoms with Gasteiger partial charge in [0.2, 0.25) is 0 Å². The summed E-state index contributed by atoms with van der Waals surface area (Å²) in [4.78, 5) is 18.9. The number of benzene rings is 1. The Kier molecular flexibility index (Phi) is 3.75. The Morgan fingerprint density at radius 3 is 2.95 bits per heavy atom. The van der Waals surface area contributed by atoms with Gasteiger partial charge in [-0.05, 0) is 24.5 Å². The maximum absolute atomic E-state index is 12.5. The summed E-state index contributed by atoms with van der Waals surface area (Å²) in [6.07, 6.45) is 4.32. The molecule has 0 saturated carbocycles. The molecule has 1 aromatic heterocycles.